The zero-order chi connectivity index (χ0) is 15.2. The Bertz CT molecular complexity index is 698. The Kier molecular flexibility index (Phi) is 5.64. The molecule has 2 N–H and O–H groups in total. The number of hydrogen-bond donors (Lipinski definition) is 2. The lowest BCUT2D eigenvalue weighted by Crippen LogP contribution is -2.29. The van der Waals surface area contributed by atoms with Crippen molar-refractivity contribution < 1.29 is 4.42 Å². The molecule has 0 fully saturated rings. The summed E-state index contributed by atoms with van der Waals surface area (Å²) in [4.78, 5) is 11.4. The molecule has 0 amide bonds. The second-order valence-electron chi connectivity index (χ2n) is 4.69. The first-order valence-electron chi connectivity index (χ1n) is 6.68. The number of anilines is 1. The van der Waals surface area contributed by atoms with Gasteiger partial charge in [0.15, 0.2) is 5.11 Å². The average molecular weight is 322 g/mol. The van der Waals surface area contributed by atoms with E-state index in [1.807, 2.05) is 30.8 Å². The first kappa shape index (κ1) is 15.9. The van der Waals surface area contributed by atoms with Gasteiger partial charge in [-0.05, 0) is 55.3 Å². The summed E-state index contributed by atoms with van der Waals surface area (Å²) in [6.45, 7) is 2.73. The summed E-state index contributed by atoms with van der Waals surface area (Å²) in [7, 11) is 0. The van der Waals surface area contributed by atoms with Crippen LogP contribution < -0.4 is 16.3 Å². The molecule has 0 aliphatic rings. The quantitative estimate of drug-likeness (QED) is 0.501. The standard InChI is InChI=1S/C15H18N2O2S2/c1-10-8-14(18)19-13-9-11(4-5-12(10)13)17-15(20)16-6-3-7-21-2/h4-5,8-9H,3,6-7H2,1-2H3,(H2,16,17,20). The van der Waals surface area contributed by atoms with Crippen LogP contribution in [0, 0.1) is 6.92 Å². The van der Waals surface area contributed by atoms with Crippen molar-refractivity contribution in [2.45, 2.75) is 13.3 Å². The van der Waals surface area contributed by atoms with Gasteiger partial charge in [-0.2, -0.15) is 11.8 Å². The fourth-order valence-electron chi connectivity index (χ4n) is 2.00. The van der Waals surface area contributed by atoms with E-state index in [0.29, 0.717) is 10.7 Å². The smallest absolute Gasteiger partial charge is 0.336 e. The van der Waals surface area contributed by atoms with Gasteiger partial charge in [0.25, 0.3) is 0 Å². The van der Waals surface area contributed by atoms with Crippen LogP contribution in [0.3, 0.4) is 0 Å². The van der Waals surface area contributed by atoms with Gasteiger partial charge in [0, 0.05) is 29.8 Å². The Labute approximate surface area is 133 Å². The number of hydrogen-bond acceptors (Lipinski definition) is 4. The number of fused-ring (bicyclic) bond motifs is 1. The fraction of sp³-hybridized carbons (Fsp3) is 0.333. The third-order valence-electron chi connectivity index (χ3n) is 3.02. The van der Waals surface area contributed by atoms with E-state index in [9.17, 15) is 4.79 Å². The van der Waals surface area contributed by atoms with Gasteiger partial charge in [-0.3, -0.25) is 0 Å². The highest BCUT2D eigenvalue weighted by molar-refractivity contribution is 7.98. The van der Waals surface area contributed by atoms with Crippen molar-refractivity contribution in [1.82, 2.24) is 5.32 Å². The largest absolute Gasteiger partial charge is 0.423 e. The number of benzene rings is 1. The second kappa shape index (κ2) is 7.47. The Morgan fingerprint density at radius 3 is 2.95 bits per heavy atom. The molecule has 4 nitrogen and oxygen atoms in total. The molecule has 0 saturated carbocycles. The van der Waals surface area contributed by atoms with Crippen molar-refractivity contribution in [2.75, 3.05) is 23.9 Å². The van der Waals surface area contributed by atoms with E-state index >= 15 is 0 Å². The molecule has 2 aromatic rings. The Morgan fingerprint density at radius 2 is 2.19 bits per heavy atom. The molecule has 0 spiro atoms. The van der Waals surface area contributed by atoms with Crippen LogP contribution in [0.5, 0.6) is 0 Å². The van der Waals surface area contributed by atoms with Crippen LogP contribution in [-0.4, -0.2) is 23.7 Å². The third kappa shape index (κ3) is 4.47. The molecule has 1 heterocycles. The number of nitrogens with one attached hydrogen (secondary N) is 2. The molecule has 6 heteroatoms. The molecule has 0 saturated heterocycles. The molecule has 0 atom stereocenters. The summed E-state index contributed by atoms with van der Waals surface area (Å²) in [6.07, 6.45) is 3.15. The summed E-state index contributed by atoms with van der Waals surface area (Å²) < 4.78 is 5.22. The minimum Gasteiger partial charge on any atom is -0.423 e. The summed E-state index contributed by atoms with van der Waals surface area (Å²) in [5, 5.41) is 7.76. The molecule has 0 bridgehead atoms. The Morgan fingerprint density at radius 1 is 1.38 bits per heavy atom. The van der Waals surface area contributed by atoms with E-state index in [4.69, 9.17) is 16.6 Å². The molecule has 2 rings (SSSR count). The van der Waals surface area contributed by atoms with Gasteiger partial charge in [0.05, 0.1) is 0 Å². The van der Waals surface area contributed by atoms with Gasteiger partial charge in [-0.1, -0.05) is 0 Å². The Balaban J connectivity index is 2.05. The Hall–Kier alpha value is -1.53. The summed E-state index contributed by atoms with van der Waals surface area (Å²) in [5.74, 6) is 1.11. The van der Waals surface area contributed by atoms with Crippen LogP contribution in [0.15, 0.2) is 33.5 Å². The molecule has 0 aliphatic heterocycles. The van der Waals surface area contributed by atoms with Gasteiger partial charge in [0.1, 0.15) is 5.58 Å². The van der Waals surface area contributed by atoms with E-state index in [1.165, 1.54) is 6.07 Å². The lowest BCUT2D eigenvalue weighted by atomic mass is 10.1. The molecule has 0 radical (unpaired) electrons. The predicted molar refractivity (Wildman–Crippen MR) is 94.4 cm³/mol. The lowest BCUT2D eigenvalue weighted by Gasteiger charge is -2.11. The van der Waals surface area contributed by atoms with Gasteiger partial charge >= 0.3 is 5.63 Å². The molecular weight excluding hydrogens is 304 g/mol. The van der Waals surface area contributed by atoms with Crippen LogP contribution in [-0.2, 0) is 0 Å². The van der Waals surface area contributed by atoms with E-state index in [0.717, 1.165) is 35.4 Å². The first-order valence-corrected chi connectivity index (χ1v) is 8.48. The van der Waals surface area contributed by atoms with Gasteiger partial charge < -0.3 is 15.1 Å². The number of thiocarbonyl (C=S) groups is 1. The topological polar surface area (TPSA) is 54.3 Å². The minimum atomic E-state index is -0.338. The van der Waals surface area contributed by atoms with Crippen molar-refractivity contribution in [3.63, 3.8) is 0 Å². The summed E-state index contributed by atoms with van der Waals surface area (Å²) >= 11 is 7.05. The molecule has 0 unspecified atom stereocenters. The van der Waals surface area contributed by atoms with E-state index in [2.05, 4.69) is 16.9 Å². The average Bonchev–Trinajstić information content (AvgIpc) is 2.43. The number of thioether (sulfide) groups is 1. The van der Waals surface area contributed by atoms with Gasteiger partial charge in [0.2, 0.25) is 0 Å². The van der Waals surface area contributed by atoms with E-state index in [-0.39, 0.29) is 5.63 Å². The molecule has 0 aliphatic carbocycles. The van der Waals surface area contributed by atoms with Crippen molar-refractivity contribution in [3.8, 4) is 0 Å². The maximum Gasteiger partial charge on any atom is 0.336 e. The predicted octanol–water partition coefficient (Wildman–Crippen LogP) is 3.14. The normalized spacial score (nSPS) is 10.6. The van der Waals surface area contributed by atoms with Crippen molar-refractivity contribution in [2.24, 2.45) is 0 Å². The maximum atomic E-state index is 11.4. The van der Waals surface area contributed by atoms with Crippen LogP contribution in [0.2, 0.25) is 0 Å². The van der Waals surface area contributed by atoms with E-state index in [1.54, 1.807) is 6.07 Å². The van der Waals surface area contributed by atoms with E-state index < -0.39 is 0 Å². The molecule has 1 aromatic heterocycles. The second-order valence-corrected chi connectivity index (χ2v) is 6.08. The third-order valence-corrected chi connectivity index (χ3v) is 3.96. The van der Waals surface area contributed by atoms with Crippen LogP contribution in [0.4, 0.5) is 5.69 Å². The zero-order valence-corrected chi connectivity index (χ0v) is 13.7. The number of aryl methyl sites for hydroxylation is 1. The molecular formula is C15H18N2O2S2. The minimum absolute atomic E-state index is 0.338. The summed E-state index contributed by atoms with van der Waals surface area (Å²) in [6, 6.07) is 7.13. The van der Waals surface area contributed by atoms with Crippen LogP contribution in [0.1, 0.15) is 12.0 Å². The number of rotatable bonds is 5. The van der Waals surface area contributed by atoms with Gasteiger partial charge in [-0.15, -0.1) is 0 Å². The van der Waals surface area contributed by atoms with Crippen molar-refractivity contribution in [1.29, 1.82) is 0 Å². The van der Waals surface area contributed by atoms with Crippen molar-refractivity contribution in [3.05, 3.63) is 40.2 Å². The molecule has 1 aromatic carbocycles. The molecule has 21 heavy (non-hydrogen) atoms. The zero-order valence-electron chi connectivity index (χ0n) is 12.1. The summed E-state index contributed by atoms with van der Waals surface area (Å²) in [5.41, 5.74) is 1.94. The van der Waals surface area contributed by atoms with Crippen LogP contribution >= 0.6 is 24.0 Å². The monoisotopic (exact) mass is 322 g/mol. The van der Waals surface area contributed by atoms with Crippen molar-refractivity contribution >= 4 is 45.7 Å². The lowest BCUT2D eigenvalue weighted by molar-refractivity contribution is 0.560. The first-order chi connectivity index (χ1) is 10.1. The highest BCUT2D eigenvalue weighted by Crippen LogP contribution is 2.20. The maximum absolute atomic E-state index is 11.4. The fourth-order valence-corrected chi connectivity index (χ4v) is 2.65. The van der Waals surface area contributed by atoms with Gasteiger partial charge in [-0.25, -0.2) is 4.79 Å². The SMILES string of the molecule is CSCCCNC(=S)Nc1ccc2c(C)cc(=O)oc2c1. The highest BCUT2D eigenvalue weighted by atomic mass is 32.2. The molecule has 112 valence electrons. The van der Waals surface area contributed by atoms with Crippen LogP contribution in [0.25, 0.3) is 11.0 Å². The highest BCUT2D eigenvalue weighted by Gasteiger charge is 2.04.